The number of rotatable bonds is 4. The molecule has 0 aliphatic carbocycles. The lowest BCUT2D eigenvalue weighted by molar-refractivity contribution is 0.0952. The molecule has 0 spiro atoms. The molecule has 0 unspecified atom stereocenters. The molecule has 0 saturated heterocycles. The van der Waals surface area contributed by atoms with Crippen molar-refractivity contribution < 1.29 is 9.32 Å². The largest absolute Gasteiger partial charge is 0.360 e. The summed E-state index contributed by atoms with van der Waals surface area (Å²) in [5.41, 5.74) is 4.40. The number of nitrogens with one attached hydrogen (secondary N) is 2. The average Bonchev–Trinajstić information content (AvgIpc) is 3.27. The van der Waals surface area contributed by atoms with Gasteiger partial charge in [-0.1, -0.05) is 53.2 Å². The molecule has 0 radical (unpaired) electrons. The Labute approximate surface area is 144 Å². The summed E-state index contributed by atoms with van der Waals surface area (Å²) in [6.07, 6.45) is 1.72. The van der Waals surface area contributed by atoms with Crippen LogP contribution >= 0.6 is 0 Å². The molecule has 0 aliphatic rings. The van der Waals surface area contributed by atoms with Gasteiger partial charge in [0.05, 0.1) is 12.1 Å². The number of para-hydroxylation sites is 1. The Bertz CT molecular complexity index is 1030. The minimum Gasteiger partial charge on any atom is -0.360 e. The van der Waals surface area contributed by atoms with Gasteiger partial charge in [0.15, 0.2) is 5.76 Å². The fraction of sp³-hybridized carbons (Fsp3) is 0.100. The molecule has 4 rings (SSSR count). The van der Waals surface area contributed by atoms with Crippen LogP contribution in [-0.2, 0) is 6.54 Å². The van der Waals surface area contributed by atoms with Crippen molar-refractivity contribution in [3.05, 3.63) is 77.6 Å². The quantitative estimate of drug-likeness (QED) is 0.592. The van der Waals surface area contributed by atoms with Crippen LogP contribution in [0.3, 0.4) is 0 Å². The molecule has 5 nitrogen and oxygen atoms in total. The molecular weight excluding hydrogens is 314 g/mol. The summed E-state index contributed by atoms with van der Waals surface area (Å²) in [7, 11) is 0. The topological polar surface area (TPSA) is 70.9 Å². The Balaban J connectivity index is 1.46. The van der Waals surface area contributed by atoms with Crippen LogP contribution in [0.2, 0.25) is 0 Å². The Morgan fingerprint density at radius 2 is 1.96 bits per heavy atom. The minimum absolute atomic E-state index is 0.141. The van der Waals surface area contributed by atoms with Crippen molar-refractivity contribution in [2.24, 2.45) is 0 Å². The Hall–Kier alpha value is -3.34. The first-order chi connectivity index (χ1) is 12.2. The van der Waals surface area contributed by atoms with Crippen molar-refractivity contribution >= 4 is 16.8 Å². The van der Waals surface area contributed by atoms with Crippen LogP contribution in [0.4, 0.5) is 0 Å². The van der Waals surface area contributed by atoms with Gasteiger partial charge in [-0.3, -0.25) is 4.79 Å². The van der Waals surface area contributed by atoms with E-state index in [9.17, 15) is 4.79 Å². The smallest absolute Gasteiger partial charge is 0.253 e. The second-order valence-corrected chi connectivity index (χ2v) is 5.98. The molecule has 2 aromatic heterocycles. The number of benzene rings is 2. The third-order valence-corrected chi connectivity index (χ3v) is 4.16. The number of H-pyrrole nitrogens is 1. The fourth-order valence-electron chi connectivity index (χ4n) is 2.77. The summed E-state index contributed by atoms with van der Waals surface area (Å²) < 4.78 is 5.38. The highest BCUT2D eigenvalue weighted by Crippen LogP contribution is 2.21. The Morgan fingerprint density at radius 3 is 2.80 bits per heavy atom. The SMILES string of the molecule is Cc1ccc(-c2cc(CNC(=O)c3c[nH]c4ccccc34)no2)cc1. The van der Waals surface area contributed by atoms with E-state index in [2.05, 4.69) is 15.5 Å². The lowest BCUT2D eigenvalue weighted by Gasteiger charge is -2.01. The zero-order valence-electron chi connectivity index (χ0n) is 13.7. The third kappa shape index (κ3) is 3.04. The second kappa shape index (κ2) is 6.28. The van der Waals surface area contributed by atoms with Gasteiger partial charge in [0, 0.05) is 28.7 Å². The summed E-state index contributed by atoms with van der Waals surface area (Å²) in [6, 6.07) is 17.6. The monoisotopic (exact) mass is 331 g/mol. The maximum absolute atomic E-state index is 12.4. The van der Waals surface area contributed by atoms with E-state index in [1.54, 1.807) is 6.20 Å². The molecule has 2 aromatic carbocycles. The Kier molecular flexibility index (Phi) is 3.82. The van der Waals surface area contributed by atoms with E-state index in [1.165, 1.54) is 5.56 Å². The standard InChI is InChI=1S/C20H17N3O2/c1-13-6-8-14(9-7-13)19-10-15(23-25-19)11-22-20(24)17-12-21-18-5-3-2-4-16(17)18/h2-10,12,21H,11H2,1H3,(H,22,24). The first-order valence-corrected chi connectivity index (χ1v) is 8.07. The summed E-state index contributed by atoms with van der Waals surface area (Å²) >= 11 is 0. The van der Waals surface area contributed by atoms with Crippen LogP contribution in [0, 0.1) is 6.92 Å². The van der Waals surface area contributed by atoms with Crippen molar-refractivity contribution in [3.8, 4) is 11.3 Å². The van der Waals surface area contributed by atoms with Crippen LogP contribution in [0.5, 0.6) is 0 Å². The number of amides is 1. The highest BCUT2D eigenvalue weighted by molar-refractivity contribution is 6.06. The Morgan fingerprint density at radius 1 is 1.16 bits per heavy atom. The first-order valence-electron chi connectivity index (χ1n) is 8.07. The van der Waals surface area contributed by atoms with Gasteiger partial charge >= 0.3 is 0 Å². The van der Waals surface area contributed by atoms with E-state index in [1.807, 2.05) is 61.5 Å². The second-order valence-electron chi connectivity index (χ2n) is 5.98. The number of hydrogen-bond acceptors (Lipinski definition) is 3. The minimum atomic E-state index is -0.141. The third-order valence-electron chi connectivity index (χ3n) is 4.16. The number of aromatic amines is 1. The van der Waals surface area contributed by atoms with Gasteiger partial charge in [-0.25, -0.2) is 0 Å². The number of aryl methyl sites for hydroxylation is 1. The molecule has 2 N–H and O–H groups in total. The van der Waals surface area contributed by atoms with Crippen LogP contribution in [0.25, 0.3) is 22.2 Å². The molecular formula is C20H17N3O2. The molecule has 2 heterocycles. The number of aromatic nitrogens is 2. The van der Waals surface area contributed by atoms with Crippen LogP contribution < -0.4 is 5.32 Å². The number of hydrogen-bond donors (Lipinski definition) is 2. The summed E-state index contributed by atoms with van der Waals surface area (Å²) in [5, 5.41) is 7.82. The molecule has 4 aromatic rings. The van der Waals surface area contributed by atoms with Crippen molar-refractivity contribution in [2.75, 3.05) is 0 Å². The van der Waals surface area contributed by atoms with Gasteiger partial charge in [0.1, 0.15) is 5.69 Å². The number of carbonyl (C=O) groups excluding carboxylic acids is 1. The number of fused-ring (bicyclic) bond motifs is 1. The van der Waals surface area contributed by atoms with E-state index in [-0.39, 0.29) is 5.91 Å². The molecule has 0 atom stereocenters. The molecule has 0 saturated carbocycles. The predicted octanol–water partition coefficient (Wildman–Crippen LogP) is 4.06. The van der Waals surface area contributed by atoms with Crippen LogP contribution in [0.1, 0.15) is 21.6 Å². The highest BCUT2D eigenvalue weighted by Gasteiger charge is 2.13. The molecule has 25 heavy (non-hydrogen) atoms. The van der Waals surface area contributed by atoms with Crippen LogP contribution in [0.15, 0.2) is 65.3 Å². The molecule has 124 valence electrons. The van der Waals surface area contributed by atoms with Crippen molar-refractivity contribution in [2.45, 2.75) is 13.5 Å². The maximum atomic E-state index is 12.4. The van der Waals surface area contributed by atoms with Gasteiger partial charge in [0.25, 0.3) is 5.91 Å². The fourth-order valence-corrected chi connectivity index (χ4v) is 2.77. The van der Waals surface area contributed by atoms with Crippen molar-refractivity contribution in [1.29, 1.82) is 0 Å². The summed E-state index contributed by atoms with van der Waals surface area (Å²) in [6.45, 7) is 2.35. The van der Waals surface area contributed by atoms with Crippen LogP contribution in [-0.4, -0.2) is 16.0 Å². The molecule has 0 bridgehead atoms. The molecule has 5 heteroatoms. The molecule has 0 fully saturated rings. The van der Waals surface area contributed by atoms with Gasteiger partial charge in [-0.2, -0.15) is 0 Å². The van der Waals surface area contributed by atoms with Gasteiger partial charge < -0.3 is 14.8 Å². The predicted molar refractivity (Wildman–Crippen MR) is 96.1 cm³/mol. The lowest BCUT2D eigenvalue weighted by atomic mass is 10.1. The van der Waals surface area contributed by atoms with Crippen molar-refractivity contribution in [3.63, 3.8) is 0 Å². The number of carbonyl (C=O) groups is 1. The van der Waals surface area contributed by atoms with Gasteiger partial charge in [-0.05, 0) is 13.0 Å². The highest BCUT2D eigenvalue weighted by atomic mass is 16.5. The van der Waals surface area contributed by atoms with Crippen molar-refractivity contribution in [1.82, 2.24) is 15.5 Å². The molecule has 0 aliphatic heterocycles. The molecule has 1 amide bonds. The zero-order valence-corrected chi connectivity index (χ0v) is 13.7. The maximum Gasteiger partial charge on any atom is 0.253 e. The van der Waals surface area contributed by atoms with Gasteiger partial charge in [0.2, 0.25) is 0 Å². The first kappa shape index (κ1) is 15.2. The summed E-state index contributed by atoms with van der Waals surface area (Å²) in [5.74, 6) is 0.550. The average molecular weight is 331 g/mol. The zero-order chi connectivity index (χ0) is 17.2. The van der Waals surface area contributed by atoms with E-state index < -0.39 is 0 Å². The van der Waals surface area contributed by atoms with E-state index >= 15 is 0 Å². The van der Waals surface area contributed by atoms with E-state index in [0.29, 0.717) is 23.6 Å². The lowest BCUT2D eigenvalue weighted by Crippen LogP contribution is -2.22. The van der Waals surface area contributed by atoms with E-state index in [0.717, 1.165) is 16.5 Å². The number of nitrogens with zero attached hydrogens (tertiary/aromatic N) is 1. The van der Waals surface area contributed by atoms with E-state index in [4.69, 9.17) is 4.52 Å². The summed E-state index contributed by atoms with van der Waals surface area (Å²) in [4.78, 5) is 15.5. The van der Waals surface area contributed by atoms with Gasteiger partial charge in [-0.15, -0.1) is 0 Å². The normalized spacial score (nSPS) is 10.9.